The molecule has 0 aromatic carbocycles. The molecule has 0 saturated carbocycles. The average Bonchev–Trinajstić information content (AvgIpc) is 2.02. The van der Waals surface area contributed by atoms with Crippen LogP contribution in [0.15, 0.2) is 0 Å². The molecule has 13 heavy (non-hydrogen) atoms. The van der Waals surface area contributed by atoms with Crippen LogP contribution in [-0.4, -0.2) is 24.4 Å². The van der Waals surface area contributed by atoms with Crippen LogP contribution in [0.2, 0.25) is 0 Å². The Hall–Kier alpha value is -0.740. The third kappa shape index (κ3) is 5.49. The van der Waals surface area contributed by atoms with Crippen LogP contribution in [0.3, 0.4) is 0 Å². The van der Waals surface area contributed by atoms with Crippen molar-refractivity contribution in [1.82, 2.24) is 0 Å². The summed E-state index contributed by atoms with van der Waals surface area (Å²) < 4.78 is 9.89. The molecule has 0 aromatic heterocycles. The third-order valence-electron chi connectivity index (χ3n) is 1.24. The SMILES string of the molecule is C#CCOCOC(C#N)C(C)(C)Cl. The van der Waals surface area contributed by atoms with Gasteiger partial charge in [-0.3, -0.25) is 0 Å². The standard InChI is InChI=1S/C9H12ClNO2/c1-4-5-12-7-13-8(6-11)9(2,3)10/h1,8H,5,7H2,2-3H3. The fraction of sp³-hybridized carbons (Fsp3) is 0.667. The molecular weight excluding hydrogens is 190 g/mol. The van der Waals surface area contributed by atoms with Gasteiger partial charge in [-0.15, -0.1) is 18.0 Å². The van der Waals surface area contributed by atoms with E-state index in [1.54, 1.807) is 13.8 Å². The fourth-order valence-electron chi connectivity index (χ4n) is 0.606. The van der Waals surface area contributed by atoms with E-state index in [1.807, 2.05) is 6.07 Å². The minimum atomic E-state index is -0.728. The van der Waals surface area contributed by atoms with Gasteiger partial charge in [-0.25, -0.2) is 0 Å². The van der Waals surface area contributed by atoms with E-state index in [9.17, 15) is 0 Å². The number of halogens is 1. The zero-order valence-electron chi connectivity index (χ0n) is 7.71. The second-order valence-electron chi connectivity index (χ2n) is 2.91. The van der Waals surface area contributed by atoms with E-state index in [1.165, 1.54) is 0 Å². The highest BCUT2D eigenvalue weighted by atomic mass is 35.5. The number of hydrogen-bond donors (Lipinski definition) is 0. The summed E-state index contributed by atoms with van der Waals surface area (Å²) in [6, 6.07) is 1.93. The smallest absolute Gasteiger partial charge is 0.165 e. The summed E-state index contributed by atoms with van der Waals surface area (Å²) in [5.41, 5.74) is 0. The van der Waals surface area contributed by atoms with Crippen molar-refractivity contribution >= 4 is 11.6 Å². The van der Waals surface area contributed by atoms with Crippen LogP contribution in [0, 0.1) is 23.7 Å². The number of hydrogen-bond acceptors (Lipinski definition) is 3. The van der Waals surface area contributed by atoms with Gasteiger partial charge >= 0.3 is 0 Å². The van der Waals surface area contributed by atoms with Crippen molar-refractivity contribution in [2.24, 2.45) is 0 Å². The predicted octanol–water partition coefficient (Wildman–Crippen LogP) is 1.52. The Balaban J connectivity index is 3.77. The van der Waals surface area contributed by atoms with Crippen molar-refractivity contribution in [1.29, 1.82) is 5.26 Å². The van der Waals surface area contributed by atoms with Gasteiger partial charge in [0.15, 0.2) is 6.10 Å². The fourth-order valence-corrected chi connectivity index (χ4v) is 0.717. The monoisotopic (exact) mass is 201 g/mol. The van der Waals surface area contributed by atoms with Crippen molar-refractivity contribution in [2.45, 2.75) is 24.8 Å². The first-order valence-corrected chi connectivity index (χ1v) is 4.11. The van der Waals surface area contributed by atoms with Crippen molar-refractivity contribution in [2.75, 3.05) is 13.4 Å². The lowest BCUT2D eigenvalue weighted by molar-refractivity contribution is -0.0712. The molecule has 3 nitrogen and oxygen atoms in total. The highest BCUT2D eigenvalue weighted by Crippen LogP contribution is 2.20. The minimum Gasteiger partial charge on any atom is -0.343 e. The molecule has 0 aromatic rings. The molecule has 0 fully saturated rings. The molecule has 0 N–H and O–H groups in total. The van der Waals surface area contributed by atoms with E-state index in [0.29, 0.717) is 0 Å². The number of alkyl halides is 1. The van der Waals surface area contributed by atoms with Crippen LogP contribution in [0.5, 0.6) is 0 Å². The summed E-state index contributed by atoms with van der Waals surface area (Å²) in [6.45, 7) is 3.55. The quantitative estimate of drug-likeness (QED) is 0.293. The van der Waals surface area contributed by atoms with Gasteiger partial charge in [0.05, 0.1) is 10.9 Å². The Morgan fingerprint density at radius 1 is 1.62 bits per heavy atom. The van der Waals surface area contributed by atoms with E-state index in [2.05, 4.69) is 5.92 Å². The molecule has 1 atom stereocenters. The first kappa shape index (κ1) is 12.3. The zero-order chi connectivity index (χ0) is 10.3. The van der Waals surface area contributed by atoms with Crippen molar-refractivity contribution in [3.05, 3.63) is 0 Å². The number of rotatable bonds is 5. The van der Waals surface area contributed by atoms with Gasteiger partial charge in [0, 0.05) is 0 Å². The van der Waals surface area contributed by atoms with E-state index in [4.69, 9.17) is 32.8 Å². The van der Waals surface area contributed by atoms with E-state index in [-0.39, 0.29) is 13.4 Å². The van der Waals surface area contributed by atoms with Crippen LogP contribution in [0.1, 0.15) is 13.8 Å². The van der Waals surface area contributed by atoms with Crippen LogP contribution < -0.4 is 0 Å². The molecule has 0 aliphatic carbocycles. The molecule has 0 bridgehead atoms. The molecule has 0 aliphatic heterocycles. The van der Waals surface area contributed by atoms with Gasteiger partial charge in [0.2, 0.25) is 0 Å². The Kier molecular flexibility index (Phi) is 5.50. The Morgan fingerprint density at radius 3 is 2.62 bits per heavy atom. The topological polar surface area (TPSA) is 42.2 Å². The highest BCUT2D eigenvalue weighted by Gasteiger charge is 2.27. The average molecular weight is 202 g/mol. The summed E-state index contributed by atoms with van der Waals surface area (Å²) in [6.07, 6.45) is 4.24. The second-order valence-corrected chi connectivity index (χ2v) is 3.88. The molecule has 1 unspecified atom stereocenters. The Labute approximate surface area is 83.6 Å². The van der Waals surface area contributed by atoms with Crippen molar-refractivity contribution in [3.63, 3.8) is 0 Å². The molecule has 0 amide bonds. The maximum Gasteiger partial charge on any atom is 0.165 e. The van der Waals surface area contributed by atoms with Gasteiger partial charge < -0.3 is 9.47 Å². The lowest BCUT2D eigenvalue weighted by Gasteiger charge is -2.21. The first-order chi connectivity index (χ1) is 6.02. The van der Waals surface area contributed by atoms with Gasteiger partial charge in [-0.05, 0) is 13.8 Å². The number of ether oxygens (including phenoxy) is 2. The zero-order valence-corrected chi connectivity index (χ0v) is 8.47. The Bertz CT molecular complexity index is 221. The van der Waals surface area contributed by atoms with E-state index >= 15 is 0 Å². The molecule has 72 valence electrons. The van der Waals surface area contributed by atoms with Gasteiger partial charge in [0.1, 0.15) is 13.4 Å². The molecule has 0 radical (unpaired) electrons. The van der Waals surface area contributed by atoms with Crippen molar-refractivity contribution < 1.29 is 9.47 Å². The maximum atomic E-state index is 8.66. The lowest BCUT2D eigenvalue weighted by Crippen LogP contribution is -2.32. The largest absolute Gasteiger partial charge is 0.343 e. The maximum absolute atomic E-state index is 8.66. The number of nitrogens with zero attached hydrogens (tertiary/aromatic N) is 1. The van der Waals surface area contributed by atoms with Gasteiger partial charge in [-0.2, -0.15) is 5.26 Å². The summed E-state index contributed by atoms with van der Waals surface area (Å²) in [4.78, 5) is -0.728. The van der Waals surface area contributed by atoms with E-state index < -0.39 is 11.0 Å². The van der Waals surface area contributed by atoms with Crippen LogP contribution in [0.4, 0.5) is 0 Å². The molecule has 0 saturated heterocycles. The molecular formula is C9H12ClNO2. The molecule has 0 heterocycles. The number of nitriles is 1. The van der Waals surface area contributed by atoms with Gasteiger partial charge in [-0.1, -0.05) is 5.92 Å². The highest BCUT2D eigenvalue weighted by molar-refractivity contribution is 6.24. The van der Waals surface area contributed by atoms with Crippen LogP contribution >= 0.6 is 11.6 Å². The van der Waals surface area contributed by atoms with Crippen LogP contribution in [-0.2, 0) is 9.47 Å². The molecule has 0 aliphatic rings. The second kappa shape index (κ2) is 5.83. The summed E-state index contributed by atoms with van der Waals surface area (Å²) in [5, 5.41) is 8.66. The van der Waals surface area contributed by atoms with Crippen LogP contribution in [0.25, 0.3) is 0 Å². The summed E-state index contributed by atoms with van der Waals surface area (Å²) >= 11 is 5.87. The predicted molar refractivity (Wildman–Crippen MR) is 50.1 cm³/mol. The summed E-state index contributed by atoms with van der Waals surface area (Å²) in [7, 11) is 0. The Morgan fingerprint density at radius 2 is 2.23 bits per heavy atom. The molecule has 0 rings (SSSR count). The normalized spacial score (nSPS) is 13.0. The minimum absolute atomic E-state index is 0.0153. The molecule has 4 heteroatoms. The number of terminal acetylenes is 1. The molecule has 0 spiro atoms. The van der Waals surface area contributed by atoms with E-state index in [0.717, 1.165) is 0 Å². The third-order valence-corrected chi connectivity index (χ3v) is 1.44. The van der Waals surface area contributed by atoms with Crippen molar-refractivity contribution in [3.8, 4) is 18.4 Å². The summed E-state index contributed by atoms with van der Waals surface area (Å²) in [5.74, 6) is 2.28. The lowest BCUT2D eigenvalue weighted by atomic mass is 10.1. The van der Waals surface area contributed by atoms with Gasteiger partial charge in [0.25, 0.3) is 0 Å². The first-order valence-electron chi connectivity index (χ1n) is 3.73.